The molecule has 0 bridgehead atoms. The van der Waals surface area contributed by atoms with Gasteiger partial charge in [-0.2, -0.15) is 0 Å². The van der Waals surface area contributed by atoms with Crippen LogP contribution < -0.4 is 0 Å². The summed E-state index contributed by atoms with van der Waals surface area (Å²) in [6.07, 6.45) is -3.80. The standard InChI is InChI=1S/C15H21ClN2O12/c1-8(16)15(20)29-11-7-26-13-10(6-25-14(11)13)28-12(19)4-2-3-9(30-18(23)24)5-27-17(21)22/h8-11,13-14H,2-7H2,1H3/t8?,9?,10-,11-,13+,14-/m0/s1. The SMILES string of the molecule is CC(Cl)C(=O)O[C@H]1CO[C@H]2[C@H]1OC[C@@H]2OC(=O)CCCC(CO[N+](=O)[O-])O[N+](=O)[O-]. The van der Waals surface area contributed by atoms with E-state index in [1.54, 1.807) is 0 Å². The van der Waals surface area contributed by atoms with Gasteiger partial charge in [-0.1, -0.05) is 0 Å². The first-order chi connectivity index (χ1) is 14.2. The van der Waals surface area contributed by atoms with Gasteiger partial charge in [-0.15, -0.1) is 31.8 Å². The van der Waals surface area contributed by atoms with Crippen LogP contribution in [0.15, 0.2) is 0 Å². The van der Waals surface area contributed by atoms with E-state index in [0.717, 1.165) is 0 Å². The highest BCUT2D eigenvalue weighted by Crippen LogP contribution is 2.31. The second-order valence-corrected chi connectivity index (χ2v) is 7.23. The Balaban J connectivity index is 1.74. The van der Waals surface area contributed by atoms with Crippen molar-refractivity contribution in [2.45, 2.75) is 62.1 Å². The molecule has 0 saturated carbocycles. The molecule has 2 unspecified atom stereocenters. The summed E-state index contributed by atoms with van der Waals surface area (Å²) in [5.74, 6) is -1.22. The predicted octanol–water partition coefficient (Wildman–Crippen LogP) is 0.190. The molecule has 0 aromatic heterocycles. The fourth-order valence-electron chi connectivity index (χ4n) is 3.01. The van der Waals surface area contributed by atoms with E-state index in [-0.39, 0.29) is 32.5 Å². The third kappa shape index (κ3) is 7.11. The van der Waals surface area contributed by atoms with Crippen molar-refractivity contribution in [1.82, 2.24) is 0 Å². The number of carbonyl (C=O) groups excluding carboxylic acids is 2. The van der Waals surface area contributed by atoms with Gasteiger partial charge in [0.2, 0.25) is 0 Å². The molecule has 0 aromatic rings. The molecule has 2 aliphatic rings. The van der Waals surface area contributed by atoms with Gasteiger partial charge in [0.15, 0.2) is 12.2 Å². The second-order valence-electron chi connectivity index (χ2n) is 6.58. The molecule has 2 rings (SSSR count). The highest BCUT2D eigenvalue weighted by atomic mass is 35.5. The van der Waals surface area contributed by atoms with E-state index in [0.29, 0.717) is 0 Å². The number of fused-ring (bicyclic) bond motifs is 1. The predicted molar refractivity (Wildman–Crippen MR) is 93.2 cm³/mol. The number of alkyl halides is 1. The lowest BCUT2D eigenvalue weighted by Crippen LogP contribution is -2.36. The summed E-state index contributed by atoms with van der Waals surface area (Å²) in [6.45, 7) is 0.963. The number of carbonyl (C=O) groups is 2. The highest BCUT2D eigenvalue weighted by Gasteiger charge is 2.51. The van der Waals surface area contributed by atoms with Crippen LogP contribution in [0.5, 0.6) is 0 Å². The van der Waals surface area contributed by atoms with Crippen LogP contribution >= 0.6 is 11.6 Å². The highest BCUT2D eigenvalue weighted by molar-refractivity contribution is 6.29. The van der Waals surface area contributed by atoms with Crippen molar-refractivity contribution < 1.29 is 48.4 Å². The summed E-state index contributed by atoms with van der Waals surface area (Å²) >= 11 is 5.67. The van der Waals surface area contributed by atoms with Gasteiger partial charge in [0.25, 0.3) is 10.2 Å². The molecule has 6 atom stereocenters. The molecule has 2 heterocycles. The van der Waals surface area contributed by atoms with Gasteiger partial charge >= 0.3 is 11.9 Å². The number of esters is 2. The van der Waals surface area contributed by atoms with Crippen molar-refractivity contribution in [2.75, 3.05) is 19.8 Å². The van der Waals surface area contributed by atoms with E-state index in [4.69, 9.17) is 30.5 Å². The number of halogens is 1. The van der Waals surface area contributed by atoms with Gasteiger partial charge in [0, 0.05) is 6.42 Å². The topological polar surface area (TPSA) is 176 Å². The van der Waals surface area contributed by atoms with Crippen molar-refractivity contribution in [3.63, 3.8) is 0 Å². The minimum absolute atomic E-state index is 0.0394. The average Bonchev–Trinajstić information content (AvgIpc) is 3.22. The number of hydrogen-bond acceptors (Lipinski definition) is 12. The summed E-state index contributed by atoms with van der Waals surface area (Å²) in [4.78, 5) is 52.6. The van der Waals surface area contributed by atoms with E-state index in [9.17, 15) is 29.8 Å². The van der Waals surface area contributed by atoms with Crippen molar-refractivity contribution in [2.24, 2.45) is 0 Å². The Morgan fingerprint density at radius 2 is 1.70 bits per heavy atom. The molecule has 2 saturated heterocycles. The Morgan fingerprint density at radius 3 is 2.23 bits per heavy atom. The number of nitrogens with zero attached hydrogens (tertiary/aromatic N) is 2. The zero-order valence-electron chi connectivity index (χ0n) is 15.9. The molecule has 0 radical (unpaired) electrons. The number of ether oxygens (including phenoxy) is 4. The maximum atomic E-state index is 12.1. The number of hydrogen-bond donors (Lipinski definition) is 0. The number of rotatable bonds is 12. The monoisotopic (exact) mass is 456 g/mol. The van der Waals surface area contributed by atoms with Crippen LogP contribution in [0.3, 0.4) is 0 Å². The van der Waals surface area contributed by atoms with Gasteiger partial charge in [0.1, 0.15) is 30.3 Å². The van der Waals surface area contributed by atoms with Crippen LogP contribution in [0.4, 0.5) is 0 Å². The molecule has 14 nitrogen and oxygen atoms in total. The van der Waals surface area contributed by atoms with Crippen LogP contribution in [0.25, 0.3) is 0 Å². The lowest BCUT2D eigenvalue weighted by Gasteiger charge is -2.18. The first kappa shape index (κ1) is 23.8. The Labute approximate surface area is 174 Å². The third-order valence-corrected chi connectivity index (χ3v) is 4.52. The fourth-order valence-corrected chi connectivity index (χ4v) is 3.06. The maximum Gasteiger partial charge on any atom is 0.324 e. The summed E-state index contributed by atoms with van der Waals surface area (Å²) in [7, 11) is 0. The molecule has 0 spiro atoms. The quantitative estimate of drug-likeness (QED) is 0.169. The average molecular weight is 457 g/mol. The molecule has 0 amide bonds. The van der Waals surface area contributed by atoms with Crippen LogP contribution in [-0.4, -0.2) is 77.8 Å². The first-order valence-corrected chi connectivity index (χ1v) is 9.46. The van der Waals surface area contributed by atoms with Gasteiger partial charge in [-0.05, 0) is 19.8 Å². The Bertz CT molecular complexity index is 647. The van der Waals surface area contributed by atoms with E-state index >= 15 is 0 Å². The van der Waals surface area contributed by atoms with Crippen LogP contribution in [-0.2, 0) is 38.2 Å². The van der Waals surface area contributed by atoms with Gasteiger partial charge in [-0.25, -0.2) is 0 Å². The maximum absolute atomic E-state index is 12.1. The summed E-state index contributed by atoms with van der Waals surface area (Å²) < 4.78 is 21.6. The van der Waals surface area contributed by atoms with Gasteiger partial charge < -0.3 is 28.6 Å². The van der Waals surface area contributed by atoms with E-state index in [2.05, 4.69) is 9.68 Å². The fraction of sp³-hybridized carbons (Fsp3) is 0.867. The molecule has 0 aliphatic carbocycles. The van der Waals surface area contributed by atoms with Crippen molar-refractivity contribution in [3.05, 3.63) is 20.2 Å². The first-order valence-electron chi connectivity index (χ1n) is 9.03. The van der Waals surface area contributed by atoms with Crippen molar-refractivity contribution in [1.29, 1.82) is 0 Å². The van der Waals surface area contributed by atoms with Gasteiger partial charge in [0.05, 0.1) is 13.2 Å². The third-order valence-electron chi connectivity index (χ3n) is 4.35. The van der Waals surface area contributed by atoms with Crippen LogP contribution in [0.1, 0.15) is 26.2 Å². The molecule has 0 aromatic carbocycles. The Morgan fingerprint density at radius 1 is 1.10 bits per heavy atom. The zero-order chi connectivity index (χ0) is 22.3. The van der Waals surface area contributed by atoms with Crippen LogP contribution in [0.2, 0.25) is 0 Å². The minimum atomic E-state index is -1.20. The summed E-state index contributed by atoms with van der Waals surface area (Å²) in [5.41, 5.74) is 0. The van der Waals surface area contributed by atoms with Crippen molar-refractivity contribution >= 4 is 23.5 Å². The Hall–Kier alpha value is -2.45. The van der Waals surface area contributed by atoms with Gasteiger partial charge in [-0.3, -0.25) is 9.59 Å². The molecular weight excluding hydrogens is 436 g/mol. The summed E-state index contributed by atoms with van der Waals surface area (Å²) in [5, 5.41) is 17.6. The Kier molecular flexibility index (Phi) is 8.80. The van der Waals surface area contributed by atoms with Crippen LogP contribution in [0, 0.1) is 20.2 Å². The molecule has 15 heteroatoms. The second kappa shape index (κ2) is 11.1. The molecule has 2 aliphatic heterocycles. The summed E-state index contributed by atoms with van der Waals surface area (Å²) in [6, 6.07) is 0. The zero-order valence-corrected chi connectivity index (χ0v) is 16.6. The smallest absolute Gasteiger partial charge is 0.324 e. The molecule has 2 fully saturated rings. The largest absolute Gasteiger partial charge is 0.457 e. The molecule has 0 N–H and O–H groups in total. The molecular formula is C15H21ClN2O12. The van der Waals surface area contributed by atoms with E-state index < -0.39 is 64.6 Å². The lowest BCUT2D eigenvalue weighted by molar-refractivity contribution is -0.790. The lowest BCUT2D eigenvalue weighted by atomic mass is 10.1. The minimum Gasteiger partial charge on any atom is -0.457 e. The molecule has 170 valence electrons. The van der Waals surface area contributed by atoms with Crippen molar-refractivity contribution in [3.8, 4) is 0 Å². The normalized spacial score (nSPS) is 26.9. The van der Waals surface area contributed by atoms with E-state index in [1.807, 2.05) is 0 Å². The van der Waals surface area contributed by atoms with E-state index in [1.165, 1.54) is 6.92 Å². The molecule has 30 heavy (non-hydrogen) atoms.